The summed E-state index contributed by atoms with van der Waals surface area (Å²) in [5.74, 6) is 0.339. The molecule has 3 aromatic rings. The molecule has 156 valence electrons. The number of amides is 2. The Morgan fingerprint density at radius 2 is 1.80 bits per heavy atom. The number of aromatic nitrogens is 2. The largest absolute Gasteiger partial charge is 0.380 e. The lowest BCUT2D eigenvalue weighted by Crippen LogP contribution is -2.41. The summed E-state index contributed by atoms with van der Waals surface area (Å²) in [6.07, 6.45) is 3.16. The van der Waals surface area contributed by atoms with E-state index in [1.165, 1.54) is 10.8 Å². The number of para-hydroxylation sites is 1. The number of nitrogens with one attached hydrogen (secondary N) is 3. The molecule has 0 saturated carbocycles. The molecule has 0 radical (unpaired) electrons. The van der Waals surface area contributed by atoms with Gasteiger partial charge < -0.3 is 16.0 Å². The molecular weight excluding hydrogens is 378 g/mol. The van der Waals surface area contributed by atoms with Gasteiger partial charge in [0.05, 0.1) is 6.54 Å². The summed E-state index contributed by atoms with van der Waals surface area (Å²) in [6, 6.07) is 18.9. The summed E-state index contributed by atoms with van der Waals surface area (Å²) in [4.78, 5) is 27.9. The average Bonchev–Trinajstić information content (AvgIpc) is 2.73. The van der Waals surface area contributed by atoms with E-state index < -0.39 is 0 Å². The van der Waals surface area contributed by atoms with E-state index >= 15 is 0 Å². The minimum atomic E-state index is -0.306. The minimum absolute atomic E-state index is 0.0990. The predicted octanol–water partition coefficient (Wildman–Crippen LogP) is 3.55. The summed E-state index contributed by atoms with van der Waals surface area (Å²) in [5, 5.41) is 9.25. The van der Waals surface area contributed by atoms with Gasteiger partial charge in [-0.2, -0.15) is 0 Å². The SMILES string of the molecule is CC(C)[C@@H](CNC(=O)Nc1cccc(Cn2cccnc2=O)c1)Nc1ccccc1. The Bertz CT molecular complexity index is 1020. The third-order valence-corrected chi connectivity index (χ3v) is 4.73. The first kappa shape index (κ1) is 21.1. The lowest BCUT2D eigenvalue weighted by Gasteiger charge is -2.24. The van der Waals surface area contributed by atoms with Gasteiger partial charge in [0.1, 0.15) is 0 Å². The summed E-state index contributed by atoms with van der Waals surface area (Å²) in [7, 11) is 0. The van der Waals surface area contributed by atoms with Gasteiger partial charge in [0.2, 0.25) is 0 Å². The second kappa shape index (κ2) is 10.2. The molecule has 0 aliphatic heterocycles. The van der Waals surface area contributed by atoms with Crippen LogP contribution in [0, 0.1) is 5.92 Å². The number of hydrogen-bond acceptors (Lipinski definition) is 4. The summed E-state index contributed by atoms with van der Waals surface area (Å²) in [6.45, 7) is 5.11. The number of rotatable bonds is 8. The maximum absolute atomic E-state index is 12.4. The van der Waals surface area contributed by atoms with E-state index in [2.05, 4.69) is 34.8 Å². The molecule has 0 aliphatic carbocycles. The van der Waals surface area contributed by atoms with Crippen molar-refractivity contribution >= 4 is 17.4 Å². The predicted molar refractivity (Wildman–Crippen MR) is 120 cm³/mol. The van der Waals surface area contributed by atoms with Gasteiger partial charge in [0.25, 0.3) is 0 Å². The molecule has 1 heterocycles. The third kappa shape index (κ3) is 6.20. The van der Waals surface area contributed by atoms with Crippen LogP contribution >= 0.6 is 0 Å². The smallest absolute Gasteiger partial charge is 0.347 e. The van der Waals surface area contributed by atoms with E-state index in [-0.39, 0.29) is 17.8 Å². The maximum atomic E-state index is 12.4. The van der Waals surface area contributed by atoms with Crippen LogP contribution in [0.15, 0.2) is 77.9 Å². The molecule has 0 aliphatic rings. The molecular formula is C23H27N5O2. The Balaban J connectivity index is 1.56. The van der Waals surface area contributed by atoms with E-state index in [0.29, 0.717) is 24.7 Å². The van der Waals surface area contributed by atoms with E-state index in [1.54, 1.807) is 12.3 Å². The van der Waals surface area contributed by atoms with Gasteiger partial charge in [0, 0.05) is 36.4 Å². The highest BCUT2D eigenvalue weighted by Crippen LogP contribution is 2.13. The second-order valence-corrected chi connectivity index (χ2v) is 7.43. The van der Waals surface area contributed by atoms with Crippen molar-refractivity contribution in [1.29, 1.82) is 0 Å². The van der Waals surface area contributed by atoms with Crippen molar-refractivity contribution < 1.29 is 4.79 Å². The number of carbonyl (C=O) groups excluding carboxylic acids is 1. The zero-order valence-electron chi connectivity index (χ0n) is 17.2. The molecule has 0 bridgehead atoms. The molecule has 3 rings (SSSR count). The van der Waals surface area contributed by atoms with Gasteiger partial charge in [-0.3, -0.25) is 4.57 Å². The quantitative estimate of drug-likeness (QED) is 0.535. The van der Waals surface area contributed by atoms with Crippen molar-refractivity contribution in [2.75, 3.05) is 17.2 Å². The fourth-order valence-electron chi connectivity index (χ4n) is 3.03. The van der Waals surface area contributed by atoms with Crippen molar-refractivity contribution in [3.05, 3.63) is 89.1 Å². The van der Waals surface area contributed by atoms with Gasteiger partial charge in [-0.25, -0.2) is 14.6 Å². The highest BCUT2D eigenvalue weighted by Gasteiger charge is 2.14. The van der Waals surface area contributed by atoms with Crippen molar-refractivity contribution in [1.82, 2.24) is 14.9 Å². The molecule has 1 atom stereocenters. The van der Waals surface area contributed by atoms with Gasteiger partial charge in [0.15, 0.2) is 0 Å². The molecule has 0 saturated heterocycles. The fraction of sp³-hybridized carbons (Fsp3) is 0.261. The first-order chi connectivity index (χ1) is 14.5. The first-order valence-electron chi connectivity index (χ1n) is 9.98. The first-order valence-corrected chi connectivity index (χ1v) is 9.98. The summed E-state index contributed by atoms with van der Waals surface area (Å²) in [5.41, 5.74) is 2.28. The van der Waals surface area contributed by atoms with Crippen LogP contribution < -0.4 is 21.6 Å². The number of benzene rings is 2. The topological polar surface area (TPSA) is 88.1 Å². The molecule has 0 spiro atoms. The van der Waals surface area contributed by atoms with E-state index in [9.17, 15) is 9.59 Å². The van der Waals surface area contributed by atoms with Gasteiger partial charge in [-0.05, 0) is 41.8 Å². The molecule has 3 N–H and O–H groups in total. The van der Waals surface area contributed by atoms with Crippen LogP contribution in [0.2, 0.25) is 0 Å². The highest BCUT2D eigenvalue weighted by molar-refractivity contribution is 5.89. The summed E-state index contributed by atoms with van der Waals surface area (Å²) < 4.78 is 1.52. The van der Waals surface area contributed by atoms with Gasteiger partial charge in [-0.1, -0.05) is 44.2 Å². The van der Waals surface area contributed by atoms with Gasteiger partial charge >= 0.3 is 11.7 Å². The zero-order chi connectivity index (χ0) is 21.3. The third-order valence-electron chi connectivity index (χ3n) is 4.73. The van der Waals surface area contributed by atoms with Crippen molar-refractivity contribution in [3.8, 4) is 0 Å². The lowest BCUT2D eigenvalue weighted by molar-refractivity contribution is 0.251. The zero-order valence-corrected chi connectivity index (χ0v) is 17.2. The Hall–Kier alpha value is -3.61. The molecule has 1 aromatic heterocycles. The van der Waals surface area contributed by atoms with Crippen LogP contribution in [0.1, 0.15) is 19.4 Å². The van der Waals surface area contributed by atoms with Crippen molar-refractivity contribution in [2.45, 2.75) is 26.4 Å². The van der Waals surface area contributed by atoms with Gasteiger partial charge in [-0.15, -0.1) is 0 Å². The molecule has 2 amide bonds. The van der Waals surface area contributed by atoms with Crippen LogP contribution in [-0.4, -0.2) is 28.2 Å². The maximum Gasteiger partial charge on any atom is 0.347 e. The molecule has 0 fully saturated rings. The number of hydrogen-bond donors (Lipinski definition) is 3. The fourth-order valence-corrected chi connectivity index (χ4v) is 3.03. The molecule has 2 aromatic carbocycles. The molecule has 30 heavy (non-hydrogen) atoms. The number of urea groups is 1. The Kier molecular flexibility index (Phi) is 7.21. The number of carbonyl (C=O) groups is 1. The highest BCUT2D eigenvalue weighted by atomic mass is 16.2. The van der Waals surface area contributed by atoms with Crippen LogP contribution in [0.5, 0.6) is 0 Å². The van der Waals surface area contributed by atoms with E-state index in [1.807, 2.05) is 54.6 Å². The Morgan fingerprint density at radius 1 is 1.03 bits per heavy atom. The van der Waals surface area contributed by atoms with E-state index in [4.69, 9.17) is 0 Å². The number of nitrogens with zero attached hydrogens (tertiary/aromatic N) is 2. The van der Waals surface area contributed by atoms with Crippen LogP contribution in [-0.2, 0) is 6.54 Å². The minimum Gasteiger partial charge on any atom is -0.380 e. The normalized spacial score (nSPS) is 11.7. The van der Waals surface area contributed by atoms with Crippen molar-refractivity contribution in [3.63, 3.8) is 0 Å². The number of anilines is 2. The molecule has 7 nitrogen and oxygen atoms in total. The standard InChI is InChI=1S/C23H27N5O2/c1-17(2)21(26-19-9-4-3-5-10-19)15-25-22(29)27-20-11-6-8-18(14-20)16-28-13-7-12-24-23(28)30/h3-14,17,21,26H,15-16H2,1-2H3,(H2,25,27,29)/t21-/m1/s1. The Labute approximate surface area is 176 Å². The van der Waals surface area contributed by atoms with Crippen LogP contribution in [0.25, 0.3) is 0 Å². The second-order valence-electron chi connectivity index (χ2n) is 7.43. The van der Waals surface area contributed by atoms with Crippen LogP contribution in [0.3, 0.4) is 0 Å². The summed E-state index contributed by atoms with van der Waals surface area (Å²) >= 11 is 0. The monoisotopic (exact) mass is 405 g/mol. The molecule has 7 heteroatoms. The molecule has 0 unspecified atom stereocenters. The van der Waals surface area contributed by atoms with Crippen molar-refractivity contribution in [2.24, 2.45) is 5.92 Å². The Morgan fingerprint density at radius 3 is 2.53 bits per heavy atom. The lowest BCUT2D eigenvalue weighted by atomic mass is 10.0. The average molecular weight is 406 g/mol. The van der Waals surface area contributed by atoms with Crippen LogP contribution in [0.4, 0.5) is 16.2 Å². The van der Waals surface area contributed by atoms with E-state index in [0.717, 1.165) is 11.3 Å².